The summed E-state index contributed by atoms with van der Waals surface area (Å²) >= 11 is 0. The van der Waals surface area contributed by atoms with Gasteiger partial charge < -0.3 is 19.4 Å². The topological polar surface area (TPSA) is 54.6 Å². The van der Waals surface area contributed by atoms with E-state index < -0.39 is 0 Å². The molecule has 0 bridgehead atoms. The summed E-state index contributed by atoms with van der Waals surface area (Å²) in [6.07, 6.45) is 5.03. The predicted molar refractivity (Wildman–Crippen MR) is 89.7 cm³/mol. The van der Waals surface area contributed by atoms with Gasteiger partial charge in [0.05, 0.1) is 20.1 Å². The van der Waals surface area contributed by atoms with Gasteiger partial charge in [-0.1, -0.05) is 0 Å². The van der Waals surface area contributed by atoms with Crippen LogP contribution in [-0.4, -0.2) is 49.7 Å². The van der Waals surface area contributed by atoms with Crippen molar-refractivity contribution in [3.05, 3.63) is 30.0 Å². The maximum absolute atomic E-state index is 11.7. The largest absolute Gasteiger partial charge is 0.497 e. The van der Waals surface area contributed by atoms with E-state index in [1.807, 2.05) is 12.1 Å². The van der Waals surface area contributed by atoms with Gasteiger partial charge in [-0.25, -0.2) is 0 Å². The molecule has 1 fully saturated rings. The number of H-pyrrole nitrogens is 1. The van der Waals surface area contributed by atoms with E-state index >= 15 is 0 Å². The van der Waals surface area contributed by atoms with Gasteiger partial charge in [0.2, 0.25) is 0 Å². The first-order valence-corrected chi connectivity index (χ1v) is 8.15. The zero-order valence-electron chi connectivity index (χ0n) is 13.8. The number of benzene rings is 1. The molecule has 23 heavy (non-hydrogen) atoms. The quantitative estimate of drug-likeness (QED) is 0.862. The van der Waals surface area contributed by atoms with Crippen LogP contribution >= 0.6 is 0 Å². The van der Waals surface area contributed by atoms with Crippen LogP contribution in [0.3, 0.4) is 0 Å². The summed E-state index contributed by atoms with van der Waals surface area (Å²) in [7, 11) is 3.16. The van der Waals surface area contributed by atoms with Crippen LogP contribution in [-0.2, 0) is 16.0 Å². The smallest absolute Gasteiger partial charge is 0.309 e. The van der Waals surface area contributed by atoms with Crippen molar-refractivity contribution in [3.8, 4) is 5.75 Å². The molecule has 1 N–H and O–H groups in total. The van der Waals surface area contributed by atoms with Crippen molar-refractivity contribution < 1.29 is 14.3 Å². The van der Waals surface area contributed by atoms with Gasteiger partial charge in [0.15, 0.2) is 0 Å². The maximum Gasteiger partial charge on any atom is 0.309 e. The second kappa shape index (κ2) is 7.04. The normalized spacial score (nSPS) is 19.0. The highest BCUT2D eigenvalue weighted by Crippen LogP contribution is 2.25. The zero-order valence-corrected chi connectivity index (χ0v) is 13.8. The molecule has 2 aromatic rings. The van der Waals surface area contributed by atoms with Gasteiger partial charge in [-0.2, -0.15) is 0 Å². The molecule has 0 saturated carbocycles. The molecule has 3 rings (SSSR count). The number of aromatic amines is 1. The number of piperidine rings is 1. The Labute approximate surface area is 136 Å². The second-order valence-electron chi connectivity index (χ2n) is 6.14. The van der Waals surface area contributed by atoms with Crippen LogP contribution in [0.4, 0.5) is 0 Å². The number of likely N-dealkylation sites (tertiary alicyclic amines) is 1. The molecule has 1 aliphatic heterocycles. The summed E-state index contributed by atoms with van der Waals surface area (Å²) in [5.74, 6) is 0.824. The van der Waals surface area contributed by atoms with E-state index in [1.165, 1.54) is 18.1 Å². The average molecular weight is 316 g/mol. The third-order valence-corrected chi connectivity index (χ3v) is 4.71. The van der Waals surface area contributed by atoms with Gasteiger partial charge in [-0.15, -0.1) is 0 Å². The third kappa shape index (κ3) is 3.50. The van der Waals surface area contributed by atoms with Crippen LogP contribution in [0.25, 0.3) is 10.9 Å². The van der Waals surface area contributed by atoms with Crippen molar-refractivity contribution in [1.29, 1.82) is 0 Å². The van der Waals surface area contributed by atoms with E-state index in [1.54, 1.807) is 7.11 Å². The van der Waals surface area contributed by atoms with E-state index in [9.17, 15) is 4.79 Å². The third-order valence-electron chi connectivity index (χ3n) is 4.71. The number of carbonyl (C=O) groups is 1. The summed E-state index contributed by atoms with van der Waals surface area (Å²) in [6.45, 7) is 2.81. The Balaban J connectivity index is 1.65. The first-order chi connectivity index (χ1) is 11.2. The highest BCUT2D eigenvalue weighted by Gasteiger charge is 2.26. The molecule has 1 saturated heterocycles. The van der Waals surface area contributed by atoms with Crippen molar-refractivity contribution >= 4 is 16.9 Å². The standard InChI is InChI=1S/C18H24N2O3/c1-22-15-5-6-17-16(10-15)13(11-19-17)7-9-20-8-3-4-14(12-20)18(21)23-2/h5-6,10-11,14,19H,3-4,7-9,12H2,1-2H3. The fraction of sp³-hybridized carbons (Fsp3) is 0.500. The van der Waals surface area contributed by atoms with Gasteiger partial charge in [0.1, 0.15) is 5.75 Å². The maximum atomic E-state index is 11.7. The van der Waals surface area contributed by atoms with E-state index in [0.29, 0.717) is 0 Å². The lowest BCUT2D eigenvalue weighted by Gasteiger charge is -2.31. The summed E-state index contributed by atoms with van der Waals surface area (Å²) in [5.41, 5.74) is 2.42. The summed E-state index contributed by atoms with van der Waals surface area (Å²) < 4.78 is 10.2. The highest BCUT2D eigenvalue weighted by molar-refractivity contribution is 5.84. The molecular weight excluding hydrogens is 292 g/mol. The minimum atomic E-state index is -0.0773. The van der Waals surface area contributed by atoms with E-state index in [4.69, 9.17) is 9.47 Å². The Morgan fingerprint density at radius 2 is 2.26 bits per heavy atom. The van der Waals surface area contributed by atoms with E-state index in [2.05, 4.69) is 22.1 Å². The SMILES string of the molecule is COC(=O)C1CCCN(CCc2c[nH]c3ccc(OC)cc23)C1. The molecule has 1 unspecified atom stereocenters. The van der Waals surface area contributed by atoms with Crippen molar-refractivity contribution in [2.24, 2.45) is 5.92 Å². The molecule has 1 aromatic carbocycles. The number of rotatable bonds is 5. The molecule has 0 radical (unpaired) electrons. The molecule has 124 valence electrons. The number of nitrogens with one attached hydrogen (secondary N) is 1. The van der Waals surface area contributed by atoms with Gasteiger partial charge in [0, 0.05) is 30.2 Å². The minimum Gasteiger partial charge on any atom is -0.497 e. The summed E-state index contributed by atoms with van der Waals surface area (Å²) in [4.78, 5) is 17.4. The van der Waals surface area contributed by atoms with Gasteiger partial charge in [0.25, 0.3) is 0 Å². The number of hydrogen-bond acceptors (Lipinski definition) is 4. The number of esters is 1. The zero-order chi connectivity index (χ0) is 16.2. The van der Waals surface area contributed by atoms with Crippen LogP contribution in [0, 0.1) is 5.92 Å². The van der Waals surface area contributed by atoms with Gasteiger partial charge in [-0.05, 0) is 49.6 Å². The Morgan fingerprint density at radius 1 is 1.39 bits per heavy atom. The number of carbonyl (C=O) groups excluding carboxylic acids is 1. The first kappa shape index (κ1) is 15.9. The molecule has 0 spiro atoms. The number of fused-ring (bicyclic) bond motifs is 1. The molecular formula is C18H24N2O3. The molecule has 5 nitrogen and oxygen atoms in total. The predicted octanol–water partition coefficient (Wildman–Crippen LogP) is 2.60. The second-order valence-corrected chi connectivity index (χ2v) is 6.14. The minimum absolute atomic E-state index is 0.0248. The van der Waals surface area contributed by atoms with Gasteiger partial charge in [-0.3, -0.25) is 4.79 Å². The van der Waals surface area contributed by atoms with Crippen LogP contribution in [0.1, 0.15) is 18.4 Å². The Bertz CT molecular complexity index is 680. The Morgan fingerprint density at radius 3 is 3.04 bits per heavy atom. The Hall–Kier alpha value is -2.01. The monoisotopic (exact) mass is 316 g/mol. The van der Waals surface area contributed by atoms with Crippen molar-refractivity contribution in [2.75, 3.05) is 33.9 Å². The summed E-state index contributed by atoms with van der Waals surface area (Å²) in [6, 6.07) is 6.09. The fourth-order valence-corrected chi connectivity index (χ4v) is 3.39. The number of methoxy groups -OCH3 is 2. The lowest BCUT2D eigenvalue weighted by molar-refractivity contribution is -0.147. The first-order valence-electron chi connectivity index (χ1n) is 8.15. The lowest BCUT2D eigenvalue weighted by atomic mass is 9.98. The lowest BCUT2D eigenvalue weighted by Crippen LogP contribution is -2.40. The van der Waals surface area contributed by atoms with Crippen LogP contribution in [0.2, 0.25) is 0 Å². The number of aromatic nitrogens is 1. The van der Waals surface area contributed by atoms with Gasteiger partial charge >= 0.3 is 5.97 Å². The molecule has 1 aromatic heterocycles. The number of nitrogens with zero attached hydrogens (tertiary/aromatic N) is 1. The average Bonchev–Trinajstić information content (AvgIpc) is 3.01. The van der Waals surface area contributed by atoms with Crippen molar-refractivity contribution in [2.45, 2.75) is 19.3 Å². The van der Waals surface area contributed by atoms with E-state index in [0.717, 1.165) is 50.2 Å². The van der Waals surface area contributed by atoms with Crippen molar-refractivity contribution in [3.63, 3.8) is 0 Å². The highest BCUT2D eigenvalue weighted by atomic mass is 16.5. The fourth-order valence-electron chi connectivity index (χ4n) is 3.39. The molecule has 2 heterocycles. The molecule has 0 aliphatic carbocycles. The molecule has 0 amide bonds. The van der Waals surface area contributed by atoms with Crippen LogP contribution in [0.15, 0.2) is 24.4 Å². The van der Waals surface area contributed by atoms with Crippen molar-refractivity contribution in [1.82, 2.24) is 9.88 Å². The number of hydrogen-bond donors (Lipinski definition) is 1. The van der Waals surface area contributed by atoms with Crippen LogP contribution < -0.4 is 4.74 Å². The molecule has 5 heteroatoms. The van der Waals surface area contributed by atoms with Crippen LogP contribution in [0.5, 0.6) is 5.75 Å². The molecule has 1 aliphatic rings. The Kier molecular flexibility index (Phi) is 4.86. The van der Waals surface area contributed by atoms with E-state index in [-0.39, 0.29) is 11.9 Å². The summed E-state index contributed by atoms with van der Waals surface area (Å²) in [5, 5.41) is 1.21. The number of ether oxygens (including phenoxy) is 2. The molecule has 1 atom stereocenters.